The first-order valence-corrected chi connectivity index (χ1v) is 9.52. The molecule has 126 valence electrons. The molecule has 0 aliphatic rings. The van der Waals surface area contributed by atoms with Crippen LogP contribution in [0.25, 0.3) is 10.9 Å². The molecule has 0 spiro atoms. The summed E-state index contributed by atoms with van der Waals surface area (Å²) >= 11 is 6.72. The topological polar surface area (TPSA) is 88.3 Å². The first-order valence-electron chi connectivity index (χ1n) is 6.84. The molecule has 9 heteroatoms. The molecule has 0 saturated carbocycles. The third-order valence-corrected chi connectivity index (χ3v) is 6.52. The third-order valence-electron chi connectivity index (χ3n) is 3.40. The third kappa shape index (κ3) is 3.46. The number of fused-ring (bicyclic) bond motifs is 1. The van der Waals surface area contributed by atoms with E-state index in [0.717, 1.165) is 16.7 Å². The summed E-state index contributed by atoms with van der Waals surface area (Å²) in [7, 11) is -2.17. The molecule has 1 aromatic carbocycles. The lowest BCUT2D eigenvalue weighted by Crippen LogP contribution is -2.26. The Bertz CT molecular complexity index is 1060. The highest BCUT2D eigenvalue weighted by Gasteiger charge is 2.17. The van der Waals surface area contributed by atoms with Gasteiger partial charge in [0.25, 0.3) is 5.56 Å². The number of rotatable bonds is 5. The zero-order valence-corrected chi connectivity index (χ0v) is 14.9. The van der Waals surface area contributed by atoms with Gasteiger partial charge in [-0.05, 0) is 35.7 Å². The van der Waals surface area contributed by atoms with Crippen molar-refractivity contribution in [2.24, 2.45) is 0 Å². The number of hydrogen-bond acceptors (Lipinski definition) is 5. The van der Waals surface area contributed by atoms with Crippen molar-refractivity contribution < 1.29 is 13.2 Å². The van der Waals surface area contributed by atoms with Crippen LogP contribution < -0.4 is 15.0 Å². The lowest BCUT2D eigenvalue weighted by molar-refractivity contribution is 0.415. The van der Waals surface area contributed by atoms with Gasteiger partial charge >= 0.3 is 0 Å². The van der Waals surface area contributed by atoms with Crippen LogP contribution >= 0.6 is 22.9 Å². The number of halogens is 1. The van der Waals surface area contributed by atoms with Gasteiger partial charge in [-0.15, -0.1) is 11.3 Å². The van der Waals surface area contributed by atoms with E-state index in [2.05, 4.69) is 9.71 Å². The van der Waals surface area contributed by atoms with Gasteiger partial charge in [-0.3, -0.25) is 4.79 Å². The first kappa shape index (κ1) is 17.0. The Kier molecular flexibility index (Phi) is 4.64. The lowest BCUT2D eigenvalue weighted by atomic mass is 10.1. The van der Waals surface area contributed by atoms with Crippen molar-refractivity contribution in [3.8, 4) is 5.75 Å². The number of benzene rings is 1. The molecular weight excluding hydrogens is 372 g/mol. The Morgan fingerprint density at radius 1 is 1.25 bits per heavy atom. The molecule has 0 saturated heterocycles. The van der Waals surface area contributed by atoms with Crippen LogP contribution in [0.3, 0.4) is 0 Å². The predicted octanol–water partition coefficient (Wildman–Crippen LogP) is 2.73. The maximum absolute atomic E-state index is 12.2. The normalized spacial score (nSPS) is 11.8. The van der Waals surface area contributed by atoms with Gasteiger partial charge in [0, 0.05) is 18.2 Å². The quantitative estimate of drug-likeness (QED) is 0.707. The van der Waals surface area contributed by atoms with E-state index >= 15 is 0 Å². The van der Waals surface area contributed by atoms with Crippen LogP contribution in [0, 0.1) is 0 Å². The summed E-state index contributed by atoms with van der Waals surface area (Å²) in [5, 5.41) is 0.781. The maximum atomic E-state index is 12.2. The van der Waals surface area contributed by atoms with Crippen LogP contribution in [0.5, 0.6) is 5.75 Å². The average molecular weight is 385 g/mol. The molecule has 0 bridgehead atoms. The van der Waals surface area contributed by atoms with Crippen molar-refractivity contribution in [2.45, 2.75) is 10.8 Å². The molecule has 0 fully saturated rings. The Morgan fingerprint density at radius 3 is 2.71 bits per heavy atom. The van der Waals surface area contributed by atoms with Gasteiger partial charge < -0.3 is 9.72 Å². The minimum absolute atomic E-state index is 0.106. The molecule has 3 aromatic rings. The minimum Gasteiger partial charge on any atom is -0.497 e. The number of thiophene rings is 1. The number of aromatic amines is 1. The number of hydrogen-bond donors (Lipinski definition) is 2. The van der Waals surface area contributed by atoms with Crippen molar-refractivity contribution in [3.63, 3.8) is 0 Å². The van der Waals surface area contributed by atoms with Crippen molar-refractivity contribution in [1.82, 2.24) is 9.71 Å². The van der Waals surface area contributed by atoms with Crippen molar-refractivity contribution >= 4 is 43.9 Å². The van der Waals surface area contributed by atoms with E-state index in [4.69, 9.17) is 16.3 Å². The number of methoxy groups -OCH3 is 1. The number of pyridine rings is 1. The van der Waals surface area contributed by atoms with Crippen LogP contribution in [0.1, 0.15) is 5.56 Å². The Balaban J connectivity index is 1.87. The van der Waals surface area contributed by atoms with Crippen LogP contribution in [0.4, 0.5) is 0 Å². The van der Waals surface area contributed by atoms with Gasteiger partial charge in [0.1, 0.15) is 9.96 Å². The molecule has 0 amide bonds. The average Bonchev–Trinajstić information content (AvgIpc) is 3.00. The predicted molar refractivity (Wildman–Crippen MR) is 94.5 cm³/mol. The number of aromatic nitrogens is 1. The number of sulfonamides is 1. The molecule has 2 heterocycles. The second-order valence-electron chi connectivity index (χ2n) is 4.96. The number of nitrogens with one attached hydrogen (secondary N) is 2. The van der Waals surface area contributed by atoms with Gasteiger partial charge in [0.2, 0.25) is 10.0 Å². The fourth-order valence-electron chi connectivity index (χ4n) is 2.17. The van der Waals surface area contributed by atoms with Crippen LogP contribution in [-0.2, 0) is 16.6 Å². The molecule has 0 atom stereocenters. The fourth-order valence-corrected chi connectivity index (χ4v) is 4.70. The Morgan fingerprint density at radius 2 is 2.04 bits per heavy atom. The monoisotopic (exact) mass is 384 g/mol. The summed E-state index contributed by atoms with van der Waals surface area (Å²) in [5.41, 5.74) is 0.581. The minimum atomic E-state index is -3.71. The zero-order valence-electron chi connectivity index (χ0n) is 12.5. The van der Waals surface area contributed by atoms with Crippen LogP contribution in [0.2, 0.25) is 4.34 Å². The van der Waals surface area contributed by atoms with Gasteiger partial charge in [-0.2, -0.15) is 0 Å². The van der Waals surface area contributed by atoms with E-state index < -0.39 is 10.0 Å². The van der Waals surface area contributed by atoms with E-state index in [0.29, 0.717) is 21.2 Å². The SMILES string of the molecule is COc1ccc2cc(CNS(=O)(=O)c3ccc(Cl)s3)c(=O)[nH]c2c1. The van der Waals surface area contributed by atoms with E-state index in [1.165, 1.54) is 12.1 Å². The molecule has 3 rings (SSSR count). The highest BCUT2D eigenvalue weighted by Crippen LogP contribution is 2.25. The van der Waals surface area contributed by atoms with Gasteiger partial charge in [-0.1, -0.05) is 11.6 Å². The van der Waals surface area contributed by atoms with E-state index in [1.807, 2.05) is 0 Å². The van der Waals surface area contributed by atoms with Crippen molar-refractivity contribution in [2.75, 3.05) is 7.11 Å². The Labute approximate surface area is 147 Å². The van der Waals surface area contributed by atoms with Gasteiger partial charge in [0.05, 0.1) is 17.0 Å². The molecular formula is C15H13ClN2O4S2. The molecule has 2 aromatic heterocycles. The Hall–Kier alpha value is -1.87. The van der Waals surface area contributed by atoms with Crippen LogP contribution in [0.15, 0.2) is 45.4 Å². The fraction of sp³-hybridized carbons (Fsp3) is 0.133. The molecule has 24 heavy (non-hydrogen) atoms. The smallest absolute Gasteiger partial charge is 0.252 e. The van der Waals surface area contributed by atoms with E-state index in [-0.39, 0.29) is 16.3 Å². The van der Waals surface area contributed by atoms with E-state index in [1.54, 1.807) is 31.4 Å². The first-order chi connectivity index (χ1) is 11.4. The second-order valence-corrected chi connectivity index (χ2v) is 8.67. The standard InChI is InChI=1S/C15H13ClN2O4S2/c1-22-11-3-2-9-6-10(15(19)18-12(9)7-11)8-17-24(20,21)14-5-4-13(16)23-14/h2-7,17H,8H2,1H3,(H,18,19). The number of H-pyrrole nitrogens is 1. The summed E-state index contributed by atoms with van der Waals surface area (Å²) < 4.78 is 32.4. The number of ether oxygens (including phenoxy) is 1. The largest absolute Gasteiger partial charge is 0.497 e. The second kappa shape index (κ2) is 6.56. The summed E-state index contributed by atoms with van der Waals surface area (Å²) in [6.07, 6.45) is 0. The van der Waals surface area contributed by atoms with Gasteiger partial charge in [-0.25, -0.2) is 13.1 Å². The van der Waals surface area contributed by atoms with Gasteiger partial charge in [0.15, 0.2) is 0 Å². The summed E-state index contributed by atoms with van der Waals surface area (Å²) in [4.78, 5) is 14.9. The molecule has 0 aliphatic heterocycles. The summed E-state index contributed by atoms with van der Waals surface area (Å²) in [5.74, 6) is 0.626. The molecule has 0 unspecified atom stereocenters. The van der Waals surface area contributed by atoms with Crippen molar-refractivity contribution in [1.29, 1.82) is 0 Å². The maximum Gasteiger partial charge on any atom is 0.252 e. The molecule has 0 radical (unpaired) electrons. The van der Waals surface area contributed by atoms with E-state index in [9.17, 15) is 13.2 Å². The zero-order chi connectivity index (χ0) is 17.3. The molecule has 0 aliphatic carbocycles. The highest BCUT2D eigenvalue weighted by molar-refractivity contribution is 7.91. The highest BCUT2D eigenvalue weighted by atomic mass is 35.5. The van der Waals surface area contributed by atoms with Crippen LogP contribution in [-0.4, -0.2) is 20.5 Å². The summed E-state index contributed by atoms with van der Waals surface area (Å²) in [6.45, 7) is -0.116. The molecule has 6 nitrogen and oxygen atoms in total. The van der Waals surface area contributed by atoms with Crippen molar-refractivity contribution in [3.05, 3.63) is 56.7 Å². The molecule has 2 N–H and O–H groups in total. The lowest BCUT2D eigenvalue weighted by Gasteiger charge is -2.07. The summed E-state index contributed by atoms with van der Waals surface area (Å²) in [6, 6.07) is 9.85.